The Morgan fingerprint density at radius 3 is 2.48 bits per heavy atom. The number of hydrogen-bond donors (Lipinski definition) is 1. The molecule has 0 fully saturated rings. The maximum atomic E-state index is 12.3. The summed E-state index contributed by atoms with van der Waals surface area (Å²) in [7, 11) is 0. The normalized spacial score (nSPS) is 10.4. The van der Waals surface area contributed by atoms with Crippen LogP contribution in [0.25, 0.3) is 0 Å². The van der Waals surface area contributed by atoms with Gasteiger partial charge in [-0.05, 0) is 26.0 Å². The fourth-order valence-electron chi connectivity index (χ4n) is 1.92. The van der Waals surface area contributed by atoms with E-state index in [0.29, 0.717) is 28.0 Å². The third-order valence-electron chi connectivity index (χ3n) is 3.07. The molecule has 0 bridgehead atoms. The van der Waals surface area contributed by atoms with E-state index in [2.05, 4.69) is 10.5 Å². The summed E-state index contributed by atoms with van der Waals surface area (Å²) < 4.78 is 4.93. The van der Waals surface area contributed by atoms with Gasteiger partial charge in [-0.3, -0.25) is 9.59 Å². The van der Waals surface area contributed by atoms with Gasteiger partial charge in [0.05, 0.1) is 21.4 Å². The smallest absolute Gasteiger partial charge is 0.292 e. The summed E-state index contributed by atoms with van der Waals surface area (Å²) in [4.78, 5) is 25.8. The Kier molecular flexibility index (Phi) is 5.63. The zero-order chi connectivity index (χ0) is 17.0. The maximum absolute atomic E-state index is 12.3. The molecule has 122 valence electrons. The number of nitrogens with one attached hydrogen (secondary N) is 1. The van der Waals surface area contributed by atoms with E-state index in [-0.39, 0.29) is 12.3 Å². The first-order valence-corrected chi connectivity index (χ1v) is 7.64. The lowest BCUT2D eigenvalue weighted by Crippen LogP contribution is -2.37. The lowest BCUT2D eigenvalue weighted by atomic mass is 10.3. The van der Waals surface area contributed by atoms with Crippen LogP contribution in [0.15, 0.2) is 28.8 Å². The molecule has 2 aromatic rings. The summed E-state index contributed by atoms with van der Waals surface area (Å²) in [6.45, 7) is 3.65. The molecule has 2 rings (SSSR count). The van der Waals surface area contributed by atoms with Crippen LogP contribution in [0.5, 0.6) is 0 Å². The highest BCUT2D eigenvalue weighted by Crippen LogP contribution is 2.29. The highest BCUT2D eigenvalue weighted by atomic mass is 35.5. The van der Waals surface area contributed by atoms with E-state index < -0.39 is 11.8 Å². The van der Waals surface area contributed by atoms with Crippen LogP contribution in [0.2, 0.25) is 10.0 Å². The van der Waals surface area contributed by atoms with Gasteiger partial charge in [-0.1, -0.05) is 34.4 Å². The molecule has 0 atom stereocenters. The summed E-state index contributed by atoms with van der Waals surface area (Å²) in [5.41, 5.74) is 0.913. The Labute approximate surface area is 143 Å². The molecular formula is C15H15Cl2N3O3. The molecule has 8 heteroatoms. The Hall–Kier alpha value is -2.05. The summed E-state index contributed by atoms with van der Waals surface area (Å²) in [5, 5.41) is 6.93. The van der Waals surface area contributed by atoms with Crippen LogP contribution in [0, 0.1) is 6.92 Å². The number of carbonyl (C=O) groups is 2. The van der Waals surface area contributed by atoms with E-state index in [1.165, 1.54) is 11.0 Å². The van der Waals surface area contributed by atoms with Crippen molar-refractivity contribution in [3.8, 4) is 0 Å². The van der Waals surface area contributed by atoms with Crippen molar-refractivity contribution in [2.75, 3.05) is 18.4 Å². The van der Waals surface area contributed by atoms with Crippen molar-refractivity contribution in [3.05, 3.63) is 45.8 Å². The van der Waals surface area contributed by atoms with Gasteiger partial charge in [0, 0.05) is 12.6 Å². The number of benzene rings is 1. The highest BCUT2D eigenvalue weighted by Gasteiger charge is 2.21. The average Bonchev–Trinajstić information content (AvgIpc) is 2.94. The zero-order valence-electron chi connectivity index (χ0n) is 12.6. The molecule has 0 aliphatic heterocycles. The number of amides is 2. The van der Waals surface area contributed by atoms with Crippen molar-refractivity contribution < 1.29 is 14.1 Å². The van der Waals surface area contributed by atoms with Crippen molar-refractivity contribution in [2.45, 2.75) is 13.8 Å². The summed E-state index contributed by atoms with van der Waals surface area (Å²) in [5.74, 6) is -0.729. The number of halogens is 2. The van der Waals surface area contributed by atoms with Crippen LogP contribution < -0.4 is 5.32 Å². The molecular weight excluding hydrogens is 341 g/mol. The van der Waals surface area contributed by atoms with Crippen LogP contribution >= 0.6 is 23.2 Å². The molecule has 1 N–H and O–H groups in total. The van der Waals surface area contributed by atoms with E-state index in [4.69, 9.17) is 27.7 Å². The number of likely N-dealkylation sites (N-methyl/N-ethyl adjacent to an activating group) is 1. The Bertz CT molecular complexity index is 710. The van der Waals surface area contributed by atoms with E-state index in [1.54, 1.807) is 32.0 Å². The minimum Gasteiger partial charge on any atom is -0.351 e. The molecule has 0 spiro atoms. The van der Waals surface area contributed by atoms with E-state index in [9.17, 15) is 9.59 Å². The van der Waals surface area contributed by atoms with E-state index in [1.807, 2.05) is 0 Å². The molecule has 1 heterocycles. The number of aromatic nitrogens is 1. The van der Waals surface area contributed by atoms with Gasteiger partial charge in [0.2, 0.25) is 11.7 Å². The first kappa shape index (κ1) is 17.3. The van der Waals surface area contributed by atoms with Crippen molar-refractivity contribution in [1.82, 2.24) is 10.1 Å². The van der Waals surface area contributed by atoms with Gasteiger partial charge >= 0.3 is 0 Å². The largest absolute Gasteiger partial charge is 0.351 e. The van der Waals surface area contributed by atoms with E-state index >= 15 is 0 Å². The number of anilines is 1. The minimum atomic E-state index is -0.411. The zero-order valence-corrected chi connectivity index (χ0v) is 14.1. The first-order chi connectivity index (χ1) is 10.9. The van der Waals surface area contributed by atoms with Crippen LogP contribution in [-0.4, -0.2) is 35.0 Å². The van der Waals surface area contributed by atoms with Gasteiger partial charge < -0.3 is 14.7 Å². The van der Waals surface area contributed by atoms with Gasteiger partial charge in [0.15, 0.2) is 0 Å². The maximum Gasteiger partial charge on any atom is 0.292 e. The molecule has 0 saturated carbocycles. The summed E-state index contributed by atoms with van der Waals surface area (Å²) in [6.07, 6.45) is 0. The van der Waals surface area contributed by atoms with Gasteiger partial charge in [-0.15, -0.1) is 0 Å². The van der Waals surface area contributed by atoms with Crippen molar-refractivity contribution in [1.29, 1.82) is 0 Å². The highest BCUT2D eigenvalue weighted by molar-refractivity contribution is 6.39. The second kappa shape index (κ2) is 7.48. The van der Waals surface area contributed by atoms with Gasteiger partial charge in [0.25, 0.3) is 5.91 Å². The van der Waals surface area contributed by atoms with Crippen LogP contribution in [-0.2, 0) is 4.79 Å². The predicted octanol–water partition coefficient (Wildman–Crippen LogP) is 3.39. The van der Waals surface area contributed by atoms with Crippen LogP contribution in [0.3, 0.4) is 0 Å². The number of carbonyl (C=O) groups excluding carboxylic acids is 2. The molecule has 23 heavy (non-hydrogen) atoms. The van der Waals surface area contributed by atoms with Crippen molar-refractivity contribution >= 4 is 40.7 Å². The second-order valence-electron chi connectivity index (χ2n) is 4.80. The molecule has 2 amide bonds. The number of para-hydroxylation sites is 1. The quantitative estimate of drug-likeness (QED) is 0.891. The molecule has 6 nitrogen and oxygen atoms in total. The van der Waals surface area contributed by atoms with Gasteiger partial charge in [0.1, 0.15) is 6.54 Å². The monoisotopic (exact) mass is 355 g/mol. The standard InChI is InChI=1S/C15H15Cl2N3O3/c1-3-20(15(22)12-7-9(2)19-23-12)8-13(21)18-14-10(16)5-4-6-11(14)17/h4-7H,3,8H2,1-2H3,(H,18,21). The first-order valence-electron chi connectivity index (χ1n) is 6.88. The molecule has 0 radical (unpaired) electrons. The molecule has 0 aliphatic carbocycles. The topological polar surface area (TPSA) is 75.4 Å². The lowest BCUT2D eigenvalue weighted by Gasteiger charge is -2.19. The van der Waals surface area contributed by atoms with Crippen LogP contribution in [0.1, 0.15) is 23.2 Å². The summed E-state index contributed by atoms with van der Waals surface area (Å²) >= 11 is 12.0. The number of aryl methyl sites for hydroxylation is 1. The Balaban J connectivity index is 2.07. The Morgan fingerprint density at radius 1 is 1.30 bits per heavy atom. The predicted molar refractivity (Wildman–Crippen MR) is 87.9 cm³/mol. The molecule has 1 aromatic carbocycles. The average molecular weight is 356 g/mol. The number of nitrogens with zero attached hydrogens (tertiary/aromatic N) is 2. The molecule has 1 aromatic heterocycles. The Morgan fingerprint density at radius 2 is 1.96 bits per heavy atom. The minimum absolute atomic E-state index is 0.0907. The molecule has 0 saturated heterocycles. The van der Waals surface area contributed by atoms with Crippen LogP contribution in [0.4, 0.5) is 5.69 Å². The van der Waals surface area contributed by atoms with Crippen molar-refractivity contribution in [3.63, 3.8) is 0 Å². The summed E-state index contributed by atoms with van der Waals surface area (Å²) in [6, 6.07) is 6.43. The molecule has 0 unspecified atom stereocenters. The fraction of sp³-hybridized carbons (Fsp3) is 0.267. The fourth-order valence-corrected chi connectivity index (χ4v) is 2.41. The van der Waals surface area contributed by atoms with E-state index in [0.717, 1.165) is 0 Å². The third kappa shape index (κ3) is 4.24. The third-order valence-corrected chi connectivity index (χ3v) is 3.70. The second-order valence-corrected chi connectivity index (χ2v) is 5.61. The molecule has 0 aliphatic rings. The number of hydrogen-bond acceptors (Lipinski definition) is 4. The van der Waals surface area contributed by atoms with Gasteiger partial charge in [-0.2, -0.15) is 0 Å². The van der Waals surface area contributed by atoms with Gasteiger partial charge in [-0.25, -0.2) is 0 Å². The lowest BCUT2D eigenvalue weighted by molar-refractivity contribution is -0.116. The number of rotatable bonds is 5. The SMILES string of the molecule is CCN(CC(=O)Nc1c(Cl)cccc1Cl)C(=O)c1cc(C)no1. The van der Waals surface area contributed by atoms with Crippen molar-refractivity contribution in [2.24, 2.45) is 0 Å².